The lowest BCUT2D eigenvalue weighted by atomic mass is 10.0. The number of nitrogens with zero attached hydrogens (tertiary/aromatic N) is 1. The number of amides is 2. The Bertz CT molecular complexity index is 1090. The molecule has 1 unspecified atom stereocenters. The minimum atomic E-state index is -0.606. The zero-order valence-corrected chi connectivity index (χ0v) is 22.8. The normalized spacial score (nSPS) is 11.6. The van der Waals surface area contributed by atoms with Crippen LogP contribution in [0.4, 0.5) is 0 Å². The number of hydrogen-bond donors (Lipinski definition) is 1. The lowest BCUT2D eigenvalue weighted by Crippen LogP contribution is -2.50. The Kier molecular flexibility index (Phi) is 11.7. The molecule has 4 nitrogen and oxygen atoms in total. The van der Waals surface area contributed by atoms with Gasteiger partial charge in [-0.1, -0.05) is 72.6 Å². The molecule has 0 heterocycles. The van der Waals surface area contributed by atoms with Gasteiger partial charge in [0.1, 0.15) is 6.04 Å². The minimum absolute atomic E-state index is 0.0331. The summed E-state index contributed by atoms with van der Waals surface area (Å²) in [6, 6.07) is 24.4. The fourth-order valence-electron chi connectivity index (χ4n) is 3.79. The third-order valence-corrected chi connectivity index (χ3v) is 7.31. The molecule has 0 aromatic heterocycles. The number of benzene rings is 3. The van der Waals surface area contributed by atoms with Gasteiger partial charge in [0.25, 0.3) is 0 Å². The van der Waals surface area contributed by atoms with Crippen LogP contribution in [0.2, 0.25) is 10.0 Å². The predicted molar refractivity (Wildman–Crippen MR) is 151 cm³/mol. The van der Waals surface area contributed by atoms with Gasteiger partial charge in [0.2, 0.25) is 11.8 Å². The molecule has 36 heavy (non-hydrogen) atoms. The number of hydrogen-bond acceptors (Lipinski definition) is 3. The summed E-state index contributed by atoms with van der Waals surface area (Å²) in [5.74, 6) is 0.640. The molecule has 3 aromatic rings. The van der Waals surface area contributed by atoms with Gasteiger partial charge in [-0.3, -0.25) is 9.59 Å². The number of halogens is 2. The highest BCUT2D eigenvalue weighted by Crippen LogP contribution is 2.23. The van der Waals surface area contributed by atoms with Gasteiger partial charge >= 0.3 is 0 Å². The molecule has 0 saturated heterocycles. The Hall–Kier alpha value is -2.47. The molecule has 0 fully saturated rings. The van der Waals surface area contributed by atoms with Crippen LogP contribution >= 0.6 is 35.0 Å². The first-order valence-corrected chi connectivity index (χ1v) is 13.9. The van der Waals surface area contributed by atoms with Crippen LogP contribution < -0.4 is 5.32 Å². The van der Waals surface area contributed by atoms with Crippen molar-refractivity contribution in [2.24, 2.45) is 0 Å². The molecule has 0 radical (unpaired) electrons. The Morgan fingerprint density at radius 1 is 0.889 bits per heavy atom. The average Bonchev–Trinajstić information content (AvgIpc) is 2.89. The maximum absolute atomic E-state index is 13.6. The maximum atomic E-state index is 13.6. The zero-order chi connectivity index (χ0) is 25.8. The third-order valence-electron chi connectivity index (χ3n) is 5.70. The lowest BCUT2D eigenvalue weighted by Gasteiger charge is -2.31. The molecule has 190 valence electrons. The van der Waals surface area contributed by atoms with Crippen molar-refractivity contribution < 1.29 is 9.59 Å². The predicted octanol–water partition coefficient (Wildman–Crippen LogP) is 7.03. The van der Waals surface area contributed by atoms with Crippen molar-refractivity contribution in [2.75, 3.05) is 12.3 Å². The molecule has 1 atom stereocenters. The van der Waals surface area contributed by atoms with Gasteiger partial charge in [-0.25, -0.2) is 0 Å². The summed E-state index contributed by atoms with van der Waals surface area (Å²) in [5.41, 5.74) is 1.95. The van der Waals surface area contributed by atoms with Crippen molar-refractivity contribution in [1.29, 1.82) is 0 Å². The summed E-state index contributed by atoms with van der Waals surface area (Å²) in [5, 5.41) is 4.35. The Morgan fingerprint density at radius 3 is 2.17 bits per heavy atom. The highest BCUT2D eigenvalue weighted by Gasteiger charge is 2.29. The minimum Gasteiger partial charge on any atom is -0.354 e. The van der Waals surface area contributed by atoms with E-state index < -0.39 is 6.04 Å². The summed E-state index contributed by atoms with van der Waals surface area (Å²) < 4.78 is 0. The summed E-state index contributed by atoms with van der Waals surface area (Å²) in [4.78, 5) is 29.7. The van der Waals surface area contributed by atoms with E-state index >= 15 is 0 Å². The average molecular weight is 544 g/mol. The van der Waals surface area contributed by atoms with Crippen LogP contribution in [0.3, 0.4) is 0 Å². The van der Waals surface area contributed by atoms with Gasteiger partial charge in [0.15, 0.2) is 0 Å². The van der Waals surface area contributed by atoms with E-state index in [0.29, 0.717) is 42.4 Å². The fourth-order valence-corrected chi connectivity index (χ4v) is 4.90. The molecule has 0 spiro atoms. The zero-order valence-electron chi connectivity index (χ0n) is 20.5. The molecule has 1 N–H and O–H groups in total. The first kappa shape index (κ1) is 28.1. The van der Waals surface area contributed by atoms with Gasteiger partial charge in [-0.05, 0) is 66.1 Å². The number of rotatable bonds is 13. The smallest absolute Gasteiger partial charge is 0.243 e. The van der Waals surface area contributed by atoms with Crippen LogP contribution in [0.5, 0.6) is 0 Å². The first-order valence-electron chi connectivity index (χ1n) is 12.2. The summed E-state index contributed by atoms with van der Waals surface area (Å²) in [6.45, 7) is 2.93. The Balaban J connectivity index is 1.76. The summed E-state index contributed by atoms with van der Waals surface area (Å²) in [6.07, 6.45) is 2.35. The second kappa shape index (κ2) is 14.9. The molecule has 0 aliphatic heterocycles. The summed E-state index contributed by atoms with van der Waals surface area (Å²) in [7, 11) is 0. The van der Waals surface area contributed by atoms with Crippen molar-refractivity contribution in [3.8, 4) is 0 Å². The standard InChI is InChI=1S/C29H32Cl2N2O2S/c1-2-18-32-29(35)27(20-22-7-4-3-5-8-22)33(21-23-10-12-24(30)13-11-23)28(34)9-6-19-36-26-16-14-25(31)15-17-26/h3-5,7-8,10-17,27H,2,6,9,18-21H2,1H3,(H,32,35). The number of carbonyl (C=O) groups excluding carboxylic acids is 2. The number of carbonyl (C=O) groups is 2. The molecular formula is C29H32Cl2N2O2S. The van der Waals surface area contributed by atoms with E-state index in [1.54, 1.807) is 16.7 Å². The van der Waals surface area contributed by atoms with E-state index in [4.69, 9.17) is 23.2 Å². The topological polar surface area (TPSA) is 49.4 Å². The SMILES string of the molecule is CCCNC(=O)C(Cc1ccccc1)N(Cc1ccc(Cl)cc1)C(=O)CCCSc1ccc(Cl)cc1. The van der Waals surface area contributed by atoms with Gasteiger partial charge in [0.05, 0.1) is 0 Å². The van der Waals surface area contributed by atoms with E-state index in [1.165, 1.54) is 0 Å². The van der Waals surface area contributed by atoms with E-state index in [0.717, 1.165) is 28.2 Å². The van der Waals surface area contributed by atoms with Gasteiger partial charge in [-0.2, -0.15) is 0 Å². The summed E-state index contributed by atoms with van der Waals surface area (Å²) >= 11 is 13.7. The van der Waals surface area contributed by atoms with Crippen LogP contribution in [-0.4, -0.2) is 35.1 Å². The van der Waals surface area contributed by atoms with Crippen LogP contribution in [0.1, 0.15) is 37.3 Å². The molecule has 0 aliphatic carbocycles. The maximum Gasteiger partial charge on any atom is 0.243 e. The van der Waals surface area contributed by atoms with E-state index in [2.05, 4.69) is 5.32 Å². The van der Waals surface area contributed by atoms with Crippen LogP contribution in [0, 0.1) is 0 Å². The highest BCUT2D eigenvalue weighted by atomic mass is 35.5. The van der Waals surface area contributed by atoms with Crippen molar-refractivity contribution in [3.63, 3.8) is 0 Å². The Morgan fingerprint density at radius 2 is 1.53 bits per heavy atom. The van der Waals surface area contributed by atoms with Crippen molar-refractivity contribution in [1.82, 2.24) is 10.2 Å². The van der Waals surface area contributed by atoms with Crippen LogP contribution in [0.15, 0.2) is 83.8 Å². The number of thioether (sulfide) groups is 1. The third kappa shape index (κ3) is 9.20. The van der Waals surface area contributed by atoms with Gasteiger partial charge in [0, 0.05) is 40.9 Å². The van der Waals surface area contributed by atoms with Crippen LogP contribution in [0.25, 0.3) is 0 Å². The van der Waals surface area contributed by atoms with Crippen molar-refractivity contribution >= 4 is 46.8 Å². The largest absolute Gasteiger partial charge is 0.354 e. The lowest BCUT2D eigenvalue weighted by molar-refractivity contribution is -0.141. The van der Waals surface area contributed by atoms with Crippen LogP contribution in [-0.2, 0) is 22.6 Å². The first-order chi connectivity index (χ1) is 17.5. The second-order valence-corrected chi connectivity index (χ2v) is 10.6. The molecule has 2 amide bonds. The molecule has 0 saturated carbocycles. The number of nitrogens with one attached hydrogen (secondary N) is 1. The van der Waals surface area contributed by atoms with Gasteiger partial charge < -0.3 is 10.2 Å². The van der Waals surface area contributed by atoms with Gasteiger partial charge in [-0.15, -0.1) is 11.8 Å². The molecule has 3 rings (SSSR count). The van der Waals surface area contributed by atoms with Crippen molar-refractivity contribution in [2.45, 2.75) is 50.1 Å². The quantitative estimate of drug-likeness (QED) is 0.186. The monoisotopic (exact) mass is 542 g/mol. The molecule has 0 aliphatic rings. The van der Waals surface area contributed by atoms with E-state index in [-0.39, 0.29) is 11.8 Å². The molecule has 0 bridgehead atoms. The van der Waals surface area contributed by atoms with E-state index in [9.17, 15) is 9.59 Å². The molecular weight excluding hydrogens is 511 g/mol. The Labute approximate surface area is 228 Å². The fraction of sp³-hybridized carbons (Fsp3) is 0.310. The highest BCUT2D eigenvalue weighted by molar-refractivity contribution is 7.99. The molecule has 3 aromatic carbocycles. The second-order valence-electron chi connectivity index (χ2n) is 8.55. The van der Waals surface area contributed by atoms with E-state index in [1.807, 2.05) is 85.8 Å². The van der Waals surface area contributed by atoms with Crippen molar-refractivity contribution in [3.05, 3.63) is 100 Å². The molecule has 7 heteroatoms.